The molecule has 0 spiro atoms. The smallest absolute Gasteiger partial charge is 0.263 e. The maximum absolute atomic E-state index is 11.1. The van der Waals surface area contributed by atoms with Gasteiger partial charge in [-0.05, 0) is 18.2 Å². The number of rotatable bonds is 2. The van der Waals surface area contributed by atoms with Crippen molar-refractivity contribution in [3.8, 4) is 0 Å². The molecule has 0 aliphatic carbocycles. The minimum atomic E-state index is -3.93. The Kier molecular flexibility index (Phi) is 3.59. The average Bonchev–Trinajstić information content (AvgIpc) is 2.05. The second-order valence-electron chi connectivity index (χ2n) is 2.76. The molecule has 0 atom stereocenters. The van der Waals surface area contributed by atoms with Gasteiger partial charge in [-0.15, -0.1) is 0 Å². The predicted molar refractivity (Wildman–Crippen MR) is 58.8 cm³/mol. The van der Waals surface area contributed by atoms with Gasteiger partial charge in [-0.1, -0.05) is 11.6 Å². The van der Waals surface area contributed by atoms with Gasteiger partial charge < -0.3 is 5.32 Å². The molecule has 0 aliphatic rings. The third-order valence-electron chi connectivity index (χ3n) is 1.52. The van der Waals surface area contributed by atoms with E-state index in [9.17, 15) is 13.2 Å². The number of benzene rings is 1. The van der Waals surface area contributed by atoms with Gasteiger partial charge in [0.15, 0.2) is 0 Å². The van der Waals surface area contributed by atoms with E-state index in [-0.39, 0.29) is 21.5 Å². The molecule has 0 unspecified atom stereocenters. The molecule has 0 aromatic heterocycles. The molecule has 15 heavy (non-hydrogen) atoms. The van der Waals surface area contributed by atoms with E-state index in [0.717, 1.165) is 0 Å². The van der Waals surface area contributed by atoms with E-state index in [1.807, 2.05) is 0 Å². The molecular formula is C8H7Cl2NO3S. The lowest BCUT2D eigenvalue weighted by Gasteiger charge is -2.07. The number of anilines is 1. The predicted octanol–water partition coefficient (Wildman–Crippen LogP) is 2.23. The number of carbonyl (C=O) groups is 1. The Balaban J connectivity index is 3.33. The second-order valence-corrected chi connectivity index (χ2v) is 5.73. The van der Waals surface area contributed by atoms with Crippen molar-refractivity contribution < 1.29 is 13.2 Å². The van der Waals surface area contributed by atoms with Crippen molar-refractivity contribution in [1.82, 2.24) is 0 Å². The molecule has 4 nitrogen and oxygen atoms in total. The van der Waals surface area contributed by atoms with Gasteiger partial charge in [0.25, 0.3) is 9.05 Å². The van der Waals surface area contributed by atoms with Crippen molar-refractivity contribution in [2.75, 3.05) is 5.32 Å². The molecular weight excluding hydrogens is 261 g/mol. The number of carbonyl (C=O) groups excluding carboxylic acids is 1. The van der Waals surface area contributed by atoms with Crippen molar-refractivity contribution >= 4 is 42.9 Å². The van der Waals surface area contributed by atoms with E-state index in [4.69, 9.17) is 22.3 Å². The Morgan fingerprint density at radius 2 is 2.00 bits per heavy atom. The van der Waals surface area contributed by atoms with Crippen molar-refractivity contribution in [2.45, 2.75) is 11.8 Å². The molecule has 1 rings (SSSR count). The summed E-state index contributed by atoms with van der Waals surface area (Å²) in [5, 5.41) is 2.57. The first kappa shape index (κ1) is 12.3. The Hall–Kier alpha value is -0.780. The molecule has 1 amide bonds. The van der Waals surface area contributed by atoms with Gasteiger partial charge in [-0.3, -0.25) is 4.79 Å². The molecule has 7 heteroatoms. The fraction of sp³-hybridized carbons (Fsp3) is 0.125. The Bertz CT molecular complexity index is 499. The molecule has 0 aliphatic heterocycles. The van der Waals surface area contributed by atoms with Crippen molar-refractivity contribution in [3.05, 3.63) is 23.2 Å². The van der Waals surface area contributed by atoms with Crippen LogP contribution in [0.15, 0.2) is 23.1 Å². The van der Waals surface area contributed by atoms with E-state index < -0.39 is 9.05 Å². The van der Waals surface area contributed by atoms with Crippen LogP contribution in [0.1, 0.15) is 6.92 Å². The van der Waals surface area contributed by atoms with E-state index in [1.54, 1.807) is 0 Å². The van der Waals surface area contributed by atoms with Crippen LogP contribution >= 0.6 is 22.3 Å². The molecule has 0 bridgehead atoms. The van der Waals surface area contributed by atoms with E-state index in [0.29, 0.717) is 0 Å². The van der Waals surface area contributed by atoms with Crippen LogP contribution < -0.4 is 5.32 Å². The number of amides is 1. The first-order valence-corrected chi connectivity index (χ1v) is 6.51. The highest BCUT2D eigenvalue weighted by atomic mass is 35.7. The third-order valence-corrected chi connectivity index (χ3v) is 3.11. The first-order valence-electron chi connectivity index (χ1n) is 3.82. The summed E-state index contributed by atoms with van der Waals surface area (Å²) < 4.78 is 22.3. The monoisotopic (exact) mass is 267 g/mol. The van der Waals surface area contributed by atoms with Crippen LogP contribution in [-0.4, -0.2) is 14.3 Å². The van der Waals surface area contributed by atoms with Crippen LogP contribution in [0, 0.1) is 0 Å². The molecule has 0 saturated heterocycles. The van der Waals surface area contributed by atoms with Crippen molar-refractivity contribution in [2.24, 2.45) is 0 Å². The molecule has 0 radical (unpaired) electrons. The minimum absolute atomic E-state index is 0.113. The maximum Gasteiger partial charge on any atom is 0.263 e. The molecule has 0 saturated carbocycles. The highest BCUT2D eigenvalue weighted by molar-refractivity contribution is 8.13. The van der Waals surface area contributed by atoms with E-state index >= 15 is 0 Å². The van der Waals surface area contributed by atoms with Gasteiger partial charge in [-0.25, -0.2) is 8.42 Å². The highest BCUT2D eigenvalue weighted by Gasteiger charge is 2.16. The normalized spacial score (nSPS) is 11.1. The maximum atomic E-state index is 11.1. The highest BCUT2D eigenvalue weighted by Crippen LogP contribution is 2.27. The van der Waals surface area contributed by atoms with Crippen LogP contribution in [0.4, 0.5) is 5.69 Å². The standard InChI is InChI=1S/C8H7Cl2NO3S/c1-5(12)11-7-3-2-6(9)4-8(7)15(10,13)14/h2-4H,1H3,(H,11,12). The second kappa shape index (κ2) is 4.38. The number of halogens is 2. The summed E-state index contributed by atoms with van der Waals surface area (Å²) in [5.74, 6) is -0.390. The van der Waals surface area contributed by atoms with Gasteiger partial charge >= 0.3 is 0 Å². The Morgan fingerprint density at radius 3 is 2.47 bits per heavy atom. The lowest BCUT2D eigenvalue weighted by Crippen LogP contribution is -2.09. The summed E-state index contributed by atoms with van der Waals surface area (Å²) in [7, 11) is 1.25. The summed E-state index contributed by atoms with van der Waals surface area (Å²) in [6.07, 6.45) is 0. The van der Waals surface area contributed by atoms with Gasteiger partial charge in [0.2, 0.25) is 5.91 Å². The zero-order chi connectivity index (χ0) is 11.6. The van der Waals surface area contributed by atoms with Crippen LogP contribution in [0.25, 0.3) is 0 Å². The van der Waals surface area contributed by atoms with Crippen LogP contribution in [-0.2, 0) is 13.8 Å². The Labute approximate surface area is 96.6 Å². The summed E-state index contributed by atoms with van der Waals surface area (Å²) in [6.45, 7) is 1.26. The summed E-state index contributed by atoms with van der Waals surface area (Å²) in [5.41, 5.74) is 0.113. The van der Waals surface area contributed by atoms with Gasteiger partial charge in [0.05, 0.1) is 5.69 Å². The third kappa shape index (κ3) is 3.37. The molecule has 1 aromatic rings. The lowest BCUT2D eigenvalue weighted by molar-refractivity contribution is -0.114. The van der Waals surface area contributed by atoms with Crippen LogP contribution in [0.3, 0.4) is 0 Å². The van der Waals surface area contributed by atoms with Gasteiger partial charge in [0, 0.05) is 22.6 Å². The molecule has 0 heterocycles. The fourth-order valence-corrected chi connectivity index (χ4v) is 2.26. The van der Waals surface area contributed by atoms with Crippen LogP contribution in [0.5, 0.6) is 0 Å². The largest absolute Gasteiger partial charge is 0.325 e. The van der Waals surface area contributed by atoms with Crippen LogP contribution in [0.2, 0.25) is 5.02 Å². The molecule has 82 valence electrons. The average molecular weight is 268 g/mol. The summed E-state index contributed by atoms with van der Waals surface area (Å²) in [4.78, 5) is 10.6. The number of nitrogens with one attached hydrogen (secondary N) is 1. The summed E-state index contributed by atoms with van der Waals surface area (Å²) >= 11 is 5.62. The molecule has 0 fully saturated rings. The van der Waals surface area contributed by atoms with Gasteiger partial charge in [0.1, 0.15) is 4.90 Å². The molecule has 1 N–H and O–H groups in total. The number of hydrogen-bond donors (Lipinski definition) is 1. The van der Waals surface area contributed by atoms with Gasteiger partial charge in [-0.2, -0.15) is 0 Å². The SMILES string of the molecule is CC(=O)Nc1ccc(Cl)cc1S(=O)(=O)Cl. The van der Waals surface area contributed by atoms with E-state index in [1.165, 1.54) is 25.1 Å². The van der Waals surface area contributed by atoms with E-state index in [2.05, 4.69) is 5.32 Å². The van der Waals surface area contributed by atoms with Crippen molar-refractivity contribution in [1.29, 1.82) is 0 Å². The lowest BCUT2D eigenvalue weighted by atomic mass is 10.3. The first-order chi connectivity index (χ1) is 6.80. The minimum Gasteiger partial charge on any atom is -0.325 e. The zero-order valence-electron chi connectivity index (χ0n) is 7.62. The quantitative estimate of drug-likeness (QED) is 0.836. The molecule has 1 aromatic carbocycles. The topological polar surface area (TPSA) is 63.2 Å². The zero-order valence-corrected chi connectivity index (χ0v) is 9.95. The Morgan fingerprint density at radius 1 is 1.40 bits per heavy atom. The van der Waals surface area contributed by atoms with Crippen molar-refractivity contribution in [3.63, 3.8) is 0 Å². The fourth-order valence-electron chi connectivity index (χ4n) is 0.991. The summed E-state index contributed by atoms with van der Waals surface area (Å²) in [6, 6.07) is 4.01. The number of hydrogen-bond acceptors (Lipinski definition) is 3.